The van der Waals surface area contributed by atoms with Gasteiger partial charge in [-0.15, -0.1) is 0 Å². The van der Waals surface area contributed by atoms with Crippen molar-refractivity contribution in [2.24, 2.45) is 0 Å². The van der Waals surface area contributed by atoms with Gasteiger partial charge in [0.1, 0.15) is 0 Å². The number of nitrogens with zero attached hydrogens (tertiary/aromatic N) is 1. The molecule has 0 heterocycles. The molecule has 1 rings (SSSR count). The average Bonchev–Trinajstić information content (AvgIpc) is 2.30. The summed E-state index contributed by atoms with van der Waals surface area (Å²) in [4.78, 5) is 11.3. The molecule has 0 bridgehead atoms. The molecular formula is C12H10ClNO2. The van der Waals surface area contributed by atoms with Crippen LogP contribution in [0.2, 0.25) is 5.02 Å². The summed E-state index contributed by atoms with van der Waals surface area (Å²) in [5.74, 6) is -0.472. The van der Waals surface area contributed by atoms with Crippen molar-refractivity contribution < 1.29 is 9.53 Å². The zero-order valence-corrected chi connectivity index (χ0v) is 9.49. The number of allylic oxidation sites excluding steroid dienone is 1. The normalized spacial score (nSPS) is 10.1. The Morgan fingerprint density at radius 1 is 1.62 bits per heavy atom. The molecule has 3 nitrogen and oxygen atoms in total. The number of hydrogen-bond donors (Lipinski definition) is 0. The molecule has 0 amide bonds. The molecule has 0 aliphatic rings. The molecule has 0 aromatic heterocycles. The van der Waals surface area contributed by atoms with Gasteiger partial charge in [-0.2, -0.15) is 5.26 Å². The Kier molecular flexibility index (Phi) is 4.56. The number of hydrogen-bond acceptors (Lipinski definition) is 3. The van der Waals surface area contributed by atoms with E-state index >= 15 is 0 Å². The van der Waals surface area contributed by atoms with Crippen molar-refractivity contribution in [3.05, 3.63) is 40.4 Å². The third kappa shape index (κ3) is 3.11. The van der Waals surface area contributed by atoms with Gasteiger partial charge in [-0.3, -0.25) is 0 Å². The molecule has 0 aliphatic carbocycles. The fraction of sp³-hybridized carbons (Fsp3) is 0.167. The first kappa shape index (κ1) is 12.3. The molecule has 0 spiro atoms. The third-order valence-corrected chi connectivity index (χ3v) is 2.24. The van der Waals surface area contributed by atoms with Gasteiger partial charge in [0.15, 0.2) is 0 Å². The van der Waals surface area contributed by atoms with E-state index in [4.69, 9.17) is 16.9 Å². The minimum absolute atomic E-state index is 0.322. The van der Waals surface area contributed by atoms with Crippen LogP contribution in [0.1, 0.15) is 22.3 Å². The van der Waals surface area contributed by atoms with E-state index < -0.39 is 5.97 Å². The van der Waals surface area contributed by atoms with E-state index in [1.54, 1.807) is 30.4 Å². The van der Waals surface area contributed by atoms with Gasteiger partial charge >= 0.3 is 5.97 Å². The maximum Gasteiger partial charge on any atom is 0.339 e. The summed E-state index contributed by atoms with van der Waals surface area (Å²) in [7, 11) is 1.30. The minimum atomic E-state index is -0.472. The van der Waals surface area contributed by atoms with Crippen LogP contribution in [0, 0.1) is 11.3 Å². The van der Waals surface area contributed by atoms with Crippen LogP contribution in [0.15, 0.2) is 24.3 Å². The average molecular weight is 236 g/mol. The number of carbonyl (C=O) groups is 1. The molecule has 0 fully saturated rings. The Bertz CT molecular complexity index is 461. The van der Waals surface area contributed by atoms with E-state index in [-0.39, 0.29) is 0 Å². The number of halogens is 1. The number of benzene rings is 1. The molecule has 82 valence electrons. The smallest absolute Gasteiger partial charge is 0.339 e. The van der Waals surface area contributed by atoms with Crippen molar-refractivity contribution in [1.29, 1.82) is 5.26 Å². The van der Waals surface area contributed by atoms with Crippen molar-refractivity contribution in [1.82, 2.24) is 0 Å². The van der Waals surface area contributed by atoms with Crippen molar-refractivity contribution in [3.8, 4) is 6.07 Å². The van der Waals surface area contributed by atoms with Gasteiger partial charge < -0.3 is 4.74 Å². The second-order valence-electron chi connectivity index (χ2n) is 3.00. The molecule has 16 heavy (non-hydrogen) atoms. The number of ether oxygens (including phenoxy) is 1. The topological polar surface area (TPSA) is 50.1 Å². The van der Waals surface area contributed by atoms with Crippen molar-refractivity contribution in [2.75, 3.05) is 7.11 Å². The van der Waals surface area contributed by atoms with Gasteiger partial charge in [0.25, 0.3) is 0 Å². The van der Waals surface area contributed by atoms with Gasteiger partial charge in [0, 0.05) is 0 Å². The quantitative estimate of drug-likeness (QED) is 0.757. The molecule has 4 heteroatoms. The highest BCUT2D eigenvalue weighted by molar-refractivity contribution is 6.33. The van der Waals surface area contributed by atoms with Crippen LogP contribution in [0.4, 0.5) is 0 Å². The summed E-state index contributed by atoms with van der Waals surface area (Å²) in [6, 6.07) is 7.01. The zero-order valence-electron chi connectivity index (χ0n) is 8.74. The molecule has 0 aliphatic heterocycles. The molecule has 1 aromatic carbocycles. The third-order valence-electron chi connectivity index (χ3n) is 1.92. The van der Waals surface area contributed by atoms with Crippen LogP contribution in [0.3, 0.4) is 0 Å². The molecular weight excluding hydrogens is 226 g/mol. The number of nitriles is 1. The Labute approximate surface area is 98.9 Å². The van der Waals surface area contributed by atoms with E-state index in [1.165, 1.54) is 7.11 Å². The van der Waals surface area contributed by atoms with Gasteiger partial charge in [0.05, 0.1) is 30.2 Å². The first-order valence-electron chi connectivity index (χ1n) is 4.60. The summed E-state index contributed by atoms with van der Waals surface area (Å²) in [5.41, 5.74) is 1.13. The van der Waals surface area contributed by atoms with Gasteiger partial charge in [-0.1, -0.05) is 29.8 Å². The highest BCUT2D eigenvalue weighted by atomic mass is 35.5. The summed E-state index contributed by atoms with van der Waals surface area (Å²) in [5, 5.41) is 8.72. The maximum atomic E-state index is 11.3. The van der Waals surface area contributed by atoms with Crippen LogP contribution in [0.25, 0.3) is 6.08 Å². The molecule has 0 radical (unpaired) electrons. The second-order valence-corrected chi connectivity index (χ2v) is 3.40. The molecule has 0 atom stereocenters. The van der Waals surface area contributed by atoms with Crippen LogP contribution in [0.5, 0.6) is 0 Å². The first-order chi connectivity index (χ1) is 7.69. The fourth-order valence-electron chi connectivity index (χ4n) is 1.16. The Morgan fingerprint density at radius 2 is 2.38 bits per heavy atom. The van der Waals surface area contributed by atoms with Crippen LogP contribution in [-0.2, 0) is 4.74 Å². The first-order valence-corrected chi connectivity index (χ1v) is 4.98. The lowest BCUT2D eigenvalue weighted by Crippen LogP contribution is -2.02. The van der Waals surface area contributed by atoms with E-state index in [2.05, 4.69) is 4.74 Å². The molecule has 0 saturated carbocycles. The second kappa shape index (κ2) is 5.94. The lowest BCUT2D eigenvalue weighted by atomic mass is 10.1. The summed E-state index contributed by atoms with van der Waals surface area (Å²) in [6.07, 6.45) is 3.80. The van der Waals surface area contributed by atoms with E-state index in [9.17, 15) is 4.79 Å². The largest absolute Gasteiger partial charge is 0.465 e. The van der Waals surface area contributed by atoms with E-state index in [0.29, 0.717) is 17.0 Å². The Balaban J connectivity index is 2.99. The van der Waals surface area contributed by atoms with Crippen LogP contribution in [-0.4, -0.2) is 13.1 Å². The lowest BCUT2D eigenvalue weighted by molar-refractivity contribution is 0.0601. The highest BCUT2D eigenvalue weighted by Crippen LogP contribution is 2.19. The van der Waals surface area contributed by atoms with Crippen molar-refractivity contribution in [3.63, 3.8) is 0 Å². The zero-order chi connectivity index (χ0) is 12.0. The number of rotatable bonds is 3. The Hall–Kier alpha value is -1.79. The SMILES string of the molecule is COC(=O)c1cc(C=CCC#N)ccc1Cl. The van der Waals surface area contributed by atoms with Gasteiger partial charge in [0.2, 0.25) is 0 Å². The van der Waals surface area contributed by atoms with Crippen molar-refractivity contribution >= 4 is 23.6 Å². The lowest BCUT2D eigenvalue weighted by Gasteiger charge is -2.03. The van der Waals surface area contributed by atoms with Crippen LogP contribution < -0.4 is 0 Å². The number of carbonyl (C=O) groups excluding carboxylic acids is 1. The maximum absolute atomic E-state index is 11.3. The highest BCUT2D eigenvalue weighted by Gasteiger charge is 2.10. The van der Waals surface area contributed by atoms with E-state index in [0.717, 1.165) is 5.56 Å². The van der Waals surface area contributed by atoms with Gasteiger partial charge in [-0.05, 0) is 17.7 Å². The van der Waals surface area contributed by atoms with Gasteiger partial charge in [-0.25, -0.2) is 4.79 Å². The standard InChI is InChI=1S/C12H10ClNO2/c1-16-12(15)10-8-9(4-2-3-7-14)5-6-11(10)13/h2,4-6,8H,3H2,1H3. The molecule has 1 aromatic rings. The monoisotopic (exact) mass is 235 g/mol. The summed E-state index contributed by atoms with van der Waals surface area (Å²) < 4.78 is 4.60. The minimum Gasteiger partial charge on any atom is -0.465 e. The number of methoxy groups -OCH3 is 1. The molecule has 0 unspecified atom stereocenters. The van der Waals surface area contributed by atoms with Crippen molar-refractivity contribution in [2.45, 2.75) is 6.42 Å². The number of esters is 1. The predicted molar refractivity (Wildman–Crippen MR) is 62.1 cm³/mol. The Morgan fingerprint density at radius 3 is 3.00 bits per heavy atom. The van der Waals surface area contributed by atoms with E-state index in [1.807, 2.05) is 6.07 Å². The summed E-state index contributed by atoms with van der Waals surface area (Å²) in [6.45, 7) is 0. The summed E-state index contributed by atoms with van der Waals surface area (Å²) >= 11 is 5.85. The molecule has 0 N–H and O–H groups in total. The predicted octanol–water partition coefficient (Wildman–Crippen LogP) is 3.05. The fourth-order valence-corrected chi connectivity index (χ4v) is 1.36. The molecule has 0 saturated heterocycles. The van der Waals surface area contributed by atoms with Crippen LogP contribution >= 0.6 is 11.6 Å².